The van der Waals surface area contributed by atoms with Crippen LogP contribution in [0.2, 0.25) is 0 Å². The number of hydrogen-bond acceptors (Lipinski definition) is 3. The van der Waals surface area contributed by atoms with Gasteiger partial charge in [0.25, 0.3) is 0 Å². The molecule has 73 valence electrons. The first-order chi connectivity index (χ1) is 6.22. The number of nitrogens with zero attached hydrogens (tertiary/aromatic N) is 1. The highest BCUT2D eigenvalue weighted by molar-refractivity contribution is 5.65. The lowest BCUT2D eigenvalue weighted by atomic mass is 9.98. The molecular formula is C10H16NO2. The van der Waals surface area contributed by atoms with E-state index in [-0.39, 0.29) is 5.97 Å². The van der Waals surface area contributed by atoms with E-state index in [0.29, 0.717) is 12.6 Å². The minimum absolute atomic E-state index is 0.215. The van der Waals surface area contributed by atoms with Crippen molar-refractivity contribution >= 4 is 5.97 Å². The van der Waals surface area contributed by atoms with E-state index in [1.807, 2.05) is 0 Å². The fraction of sp³-hybridized carbons (Fsp3) is 0.700. The monoisotopic (exact) mass is 182 g/mol. The van der Waals surface area contributed by atoms with Crippen LogP contribution in [-0.2, 0) is 9.53 Å². The molecule has 0 aromatic carbocycles. The van der Waals surface area contributed by atoms with Gasteiger partial charge in [0.1, 0.15) is 6.73 Å². The summed E-state index contributed by atoms with van der Waals surface area (Å²) in [5.74, 6) is 0.320. The van der Waals surface area contributed by atoms with Gasteiger partial charge in [0.05, 0.1) is 0 Å². The van der Waals surface area contributed by atoms with Crippen LogP contribution in [0.3, 0.4) is 0 Å². The van der Waals surface area contributed by atoms with E-state index in [2.05, 4.69) is 4.90 Å². The SMILES string of the molecule is [CH]=CC1CCN(COC(C)=O)CC1. The van der Waals surface area contributed by atoms with Gasteiger partial charge in [-0.2, -0.15) is 0 Å². The lowest BCUT2D eigenvalue weighted by Gasteiger charge is -2.29. The van der Waals surface area contributed by atoms with Crippen molar-refractivity contribution in [1.29, 1.82) is 0 Å². The van der Waals surface area contributed by atoms with Gasteiger partial charge in [-0.1, -0.05) is 12.7 Å². The molecular weight excluding hydrogens is 166 g/mol. The lowest BCUT2D eigenvalue weighted by molar-refractivity contribution is -0.146. The summed E-state index contributed by atoms with van der Waals surface area (Å²) in [4.78, 5) is 12.7. The number of esters is 1. The van der Waals surface area contributed by atoms with Gasteiger partial charge >= 0.3 is 5.97 Å². The number of likely N-dealkylation sites (tertiary alicyclic amines) is 1. The summed E-state index contributed by atoms with van der Waals surface area (Å²) >= 11 is 0. The number of piperidine rings is 1. The Morgan fingerprint density at radius 2 is 2.23 bits per heavy atom. The van der Waals surface area contributed by atoms with Crippen molar-refractivity contribution in [1.82, 2.24) is 4.90 Å². The van der Waals surface area contributed by atoms with Crippen molar-refractivity contribution in [2.45, 2.75) is 19.8 Å². The average molecular weight is 182 g/mol. The molecule has 0 bridgehead atoms. The Morgan fingerprint density at radius 3 is 2.69 bits per heavy atom. The topological polar surface area (TPSA) is 29.5 Å². The van der Waals surface area contributed by atoms with E-state index in [9.17, 15) is 4.79 Å². The molecule has 1 aliphatic rings. The number of carbonyl (C=O) groups is 1. The van der Waals surface area contributed by atoms with Gasteiger partial charge < -0.3 is 4.74 Å². The van der Waals surface area contributed by atoms with Crippen LogP contribution in [0, 0.1) is 12.5 Å². The molecule has 1 fully saturated rings. The van der Waals surface area contributed by atoms with E-state index < -0.39 is 0 Å². The molecule has 3 heteroatoms. The summed E-state index contributed by atoms with van der Waals surface area (Å²) < 4.78 is 4.90. The van der Waals surface area contributed by atoms with Crippen LogP contribution in [0.15, 0.2) is 6.08 Å². The van der Waals surface area contributed by atoms with Gasteiger partial charge in [-0.05, 0) is 18.8 Å². The van der Waals surface area contributed by atoms with Crippen molar-refractivity contribution in [3.05, 3.63) is 12.7 Å². The van der Waals surface area contributed by atoms with Gasteiger partial charge in [-0.25, -0.2) is 0 Å². The molecule has 1 aliphatic heterocycles. The molecule has 0 spiro atoms. The van der Waals surface area contributed by atoms with Crippen molar-refractivity contribution in [2.75, 3.05) is 19.8 Å². The summed E-state index contributed by atoms with van der Waals surface area (Å²) in [6.07, 6.45) is 3.90. The van der Waals surface area contributed by atoms with Gasteiger partial charge in [0, 0.05) is 20.0 Å². The highest BCUT2D eigenvalue weighted by Gasteiger charge is 2.16. The first kappa shape index (κ1) is 10.3. The van der Waals surface area contributed by atoms with E-state index >= 15 is 0 Å². The van der Waals surface area contributed by atoms with Gasteiger partial charge in [-0.15, -0.1) is 0 Å². The van der Waals surface area contributed by atoms with Gasteiger partial charge in [0.15, 0.2) is 0 Å². The van der Waals surface area contributed by atoms with Crippen molar-refractivity contribution in [3.8, 4) is 0 Å². The number of hydrogen-bond donors (Lipinski definition) is 0. The number of rotatable bonds is 3. The molecule has 0 amide bonds. The molecule has 0 aliphatic carbocycles. The Kier molecular flexibility index (Phi) is 3.96. The minimum atomic E-state index is -0.215. The molecule has 0 atom stereocenters. The molecule has 1 rings (SSSR count). The first-order valence-electron chi connectivity index (χ1n) is 4.63. The van der Waals surface area contributed by atoms with E-state index in [0.717, 1.165) is 25.9 Å². The summed E-state index contributed by atoms with van der Waals surface area (Å²) in [6, 6.07) is 0. The Balaban J connectivity index is 2.17. The number of allylic oxidation sites excluding steroid dienone is 1. The van der Waals surface area contributed by atoms with Crippen LogP contribution >= 0.6 is 0 Å². The zero-order chi connectivity index (χ0) is 9.68. The minimum Gasteiger partial charge on any atom is -0.450 e. The normalized spacial score (nSPS) is 19.8. The van der Waals surface area contributed by atoms with Crippen LogP contribution in [-0.4, -0.2) is 30.7 Å². The van der Waals surface area contributed by atoms with E-state index in [1.54, 1.807) is 6.08 Å². The van der Waals surface area contributed by atoms with Crippen molar-refractivity contribution < 1.29 is 9.53 Å². The van der Waals surface area contributed by atoms with E-state index in [1.165, 1.54) is 6.92 Å². The summed E-state index contributed by atoms with van der Waals surface area (Å²) in [5.41, 5.74) is 0. The average Bonchev–Trinajstić information content (AvgIpc) is 2.15. The summed E-state index contributed by atoms with van der Waals surface area (Å²) in [6.45, 7) is 9.22. The zero-order valence-electron chi connectivity index (χ0n) is 8.03. The van der Waals surface area contributed by atoms with Crippen LogP contribution in [0.25, 0.3) is 0 Å². The lowest BCUT2D eigenvalue weighted by Crippen LogP contribution is -2.35. The smallest absolute Gasteiger partial charge is 0.303 e. The summed E-state index contributed by atoms with van der Waals surface area (Å²) in [7, 11) is 0. The molecule has 0 aromatic heterocycles. The highest BCUT2D eigenvalue weighted by Crippen LogP contribution is 2.17. The third-order valence-corrected chi connectivity index (χ3v) is 2.35. The standard InChI is InChI=1S/C10H16NO2/c1-3-10-4-6-11(7-5-10)8-13-9(2)12/h1,3,10H,4-8H2,2H3. The predicted molar refractivity (Wildman–Crippen MR) is 49.8 cm³/mol. The second-order valence-electron chi connectivity index (χ2n) is 3.41. The molecule has 0 unspecified atom stereocenters. The number of carbonyl (C=O) groups excluding carboxylic acids is 1. The number of ether oxygens (including phenoxy) is 1. The third kappa shape index (κ3) is 3.59. The van der Waals surface area contributed by atoms with Gasteiger partial charge in [0.2, 0.25) is 0 Å². The maximum Gasteiger partial charge on any atom is 0.303 e. The molecule has 1 radical (unpaired) electrons. The van der Waals surface area contributed by atoms with Crippen LogP contribution in [0.1, 0.15) is 19.8 Å². The van der Waals surface area contributed by atoms with Crippen molar-refractivity contribution in [2.24, 2.45) is 5.92 Å². The van der Waals surface area contributed by atoms with E-state index in [4.69, 9.17) is 11.3 Å². The second-order valence-corrected chi connectivity index (χ2v) is 3.41. The Labute approximate surface area is 79.4 Å². The zero-order valence-corrected chi connectivity index (χ0v) is 8.03. The summed E-state index contributed by atoms with van der Waals surface area (Å²) in [5, 5.41) is 0. The predicted octanol–water partition coefficient (Wildman–Crippen LogP) is 1.21. The molecule has 0 aromatic rings. The fourth-order valence-electron chi connectivity index (χ4n) is 1.46. The van der Waals surface area contributed by atoms with Crippen LogP contribution in [0.4, 0.5) is 0 Å². The molecule has 3 nitrogen and oxygen atoms in total. The Hall–Kier alpha value is -0.830. The fourth-order valence-corrected chi connectivity index (χ4v) is 1.46. The second kappa shape index (κ2) is 5.02. The maximum absolute atomic E-state index is 10.5. The molecule has 1 saturated heterocycles. The Bertz CT molecular complexity index is 183. The maximum atomic E-state index is 10.5. The van der Waals surface area contributed by atoms with Gasteiger partial charge in [-0.3, -0.25) is 9.69 Å². The third-order valence-electron chi connectivity index (χ3n) is 2.35. The van der Waals surface area contributed by atoms with Crippen molar-refractivity contribution in [3.63, 3.8) is 0 Å². The highest BCUT2D eigenvalue weighted by atomic mass is 16.5. The first-order valence-corrected chi connectivity index (χ1v) is 4.63. The van der Waals surface area contributed by atoms with Crippen LogP contribution < -0.4 is 0 Å². The molecule has 0 N–H and O–H groups in total. The molecule has 1 heterocycles. The molecule has 13 heavy (non-hydrogen) atoms. The quantitative estimate of drug-likeness (QED) is 0.614. The van der Waals surface area contributed by atoms with Crippen LogP contribution in [0.5, 0.6) is 0 Å². The Morgan fingerprint density at radius 1 is 1.62 bits per heavy atom. The molecule has 0 saturated carbocycles. The largest absolute Gasteiger partial charge is 0.450 e.